The van der Waals surface area contributed by atoms with Crippen molar-refractivity contribution in [2.45, 2.75) is 6.92 Å². The van der Waals surface area contributed by atoms with Crippen LogP contribution in [0.5, 0.6) is 0 Å². The highest BCUT2D eigenvalue weighted by Crippen LogP contribution is 2.03. The van der Waals surface area contributed by atoms with Gasteiger partial charge in [0.05, 0.1) is 6.07 Å². The van der Waals surface area contributed by atoms with Crippen molar-refractivity contribution in [2.24, 2.45) is 4.99 Å². The number of aliphatic imine (C=N–C) groups is 1. The van der Waals surface area contributed by atoms with E-state index in [0.29, 0.717) is 11.5 Å². The Morgan fingerprint density at radius 2 is 2.45 bits per heavy atom. The van der Waals surface area contributed by atoms with Gasteiger partial charge in [-0.1, -0.05) is 0 Å². The minimum atomic E-state index is 0.345. The van der Waals surface area contributed by atoms with Gasteiger partial charge in [-0.3, -0.25) is 4.99 Å². The highest BCUT2D eigenvalue weighted by atomic mass is 35.5. The number of hydrogen-bond acceptors (Lipinski definition) is 2. The molecule has 58 valence electrons. The Morgan fingerprint density at radius 1 is 1.82 bits per heavy atom. The fraction of sp³-hybridized carbons (Fsp3) is 0.250. The normalized spacial score (nSPS) is 12.5. The molecule has 0 aliphatic carbocycles. The zero-order valence-electron chi connectivity index (χ0n) is 6.34. The lowest BCUT2D eigenvalue weighted by Gasteiger charge is -1.91. The Bertz CT molecular complexity index is 233. The van der Waals surface area contributed by atoms with Crippen LogP contribution in [0.3, 0.4) is 0 Å². The quantitative estimate of drug-likeness (QED) is 0.276. The number of alkyl halides is 1. The van der Waals surface area contributed by atoms with Gasteiger partial charge in [0, 0.05) is 17.7 Å². The molecular weight excluding hydrogens is 160 g/mol. The van der Waals surface area contributed by atoms with Crippen molar-refractivity contribution in [2.75, 3.05) is 5.88 Å². The van der Waals surface area contributed by atoms with Gasteiger partial charge in [-0.25, -0.2) is 0 Å². The molecule has 0 aromatic rings. The van der Waals surface area contributed by atoms with Gasteiger partial charge in [-0.05, 0) is 25.3 Å². The van der Waals surface area contributed by atoms with Crippen LogP contribution < -0.4 is 0 Å². The predicted octanol–water partition coefficient (Wildman–Crippen LogP) is 2.28. The molecule has 0 fully saturated rings. The molecule has 11 heavy (non-hydrogen) atoms. The average molecular weight is 169 g/mol. The molecule has 0 aliphatic heterocycles. The van der Waals surface area contributed by atoms with Crippen LogP contribution in [-0.4, -0.2) is 12.6 Å². The van der Waals surface area contributed by atoms with E-state index in [2.05, 4.69) is 11.7 Å². The van der Waals surface area contributed by atoms with Gasteiger partial charge in [-0.2, -0.15) is 5.26 Å². The van der Waals surface area contributed by atoms with Crippen LogP contribution in [0.25, 0.3) is 0 Å². The van der Waals surface area contributed by atoms with Gasteiger partial charge < -0.3 is 0 Å². The minimum absolute atomic E-state index is 0.345. The molecule has 0 aliphatic rings. The summed E-state index contributed by atoms with van der Waals surface area (Å²) in [5.74, 6) is 0.345. The first-order chi connectivity index (χ1) is 5.24. The van der Waals surface area contributed by atoms with Crippen LogP contribution in [-0.2, 0) is 0 Å². The second-order valence-electron chi connectivity index (χ2n) is 1.96. The van der Waals surface area contributed by atoms with Crippen LogP contribution in [0.2, 0.25) is 0 Å². The van der Waals surface area contributed by atoms with Crippen LogP contribution >= 0.6 is 11.6 Å². The van der Waals surface area contributed by atoms with Crippen molar-refractivity contribution in [1.29, 1.82) is 5.26 Å². The van der Waals surface area contributed by atoms with Crippen molar-refractivity contribution in [3.63, 3.8) is 0 Å². The molecule has 0 spiro atoms. The summed E-state index contributed by atoms with van der Waals surface area (Å²) >= 11 is 5.54. The van der Waals surface area contributed by atoms with Gasteiger partial charge in [0.1, 0.15) is 0 Å². The van der Waals surface area contributed by atoms with Crippen molar-refractivity contribution >= 4 is 18.3 Å². The van der Waals surface area contributed by atoms with E-state index < -0.39 is 0 Å². The molecule has 0 bridgehead atoms. The maximum absolute atomic E-state index is 8.41. The topological polar surface area (TPSA) is 36.1 Å². The summed E-state index contributed by atoms with van der Waals surface area (Å²) in [6.07, 6.45) is 3.22. The van der Waals surface area contributed by atoms with E-state index in [1.165, 1.54) is 6.20 Å². The molecule has 0 heterocycles. The van der Waals surface area contributed by atoms with Crippen LogP contribution in [0.4, 0.5) is 0 Å². The molecule has 0 radical (unpaired) electrons. The summed E-state index contributed by atoms with van der Waals surface area (Å²) in [4.78, 5) is 3.54. The van der Waals surface area contributed by atoms with Crippen molar-refractivity contribution < 1.29 is 0 Å². The highest BCUT2D eigenvalue weighted by molar-refractivity contribution is 6.19. The third-order valence-electron chi connectivity index (χ3n) is 0.990. The maximum Gasteiger partial charge on any atom is 0.0944 e. The van der Waals surface area contributed by atoms with E-state index in [1.807, 2.05) is 6.07 Å². The molecular formula is C8H9ClN2. The summed E-state index contributed by atoms with van der Waals surface area (Å²) in [6.45, 7) is 5.00. The second-order valence-corrected chi connectivity index (χ2v) is 2.23. The Labute approximate surface area is 71.5 Å². The summed E-state index contributed by atoms with van der Waals surface area (Å²) < 4.78 is 0. The smallest absolute Gasteiger partial charge is 0.0944 e. The summed E-state index contributed by atoms with van der Waals surface area (Å²) in [7, 11) is 0. The van der Waals surface area contributed by atoms with E-state index in [-0.39, 0.29) is 0 Å². The average Bonchev–Trinajstić information content (AvgIpc) is 2.03. The van der Waals surface area contributed by atoms with Gasteiger partial charge in [0.15, 0.2) is 0 Å². The fourth-order valence-corrected chi connectivity index (χ4v) is 0.684. The lowest BCUT2D eigenvalue weighted by Crippen LogP contribution is -1.80. The molecule has 0 aromatic carbocycles. The van der Waals surface area contributed by atoms with Gasteiger partial charge in [-0.15, -0.1) is 11.6 Å². The van der Waals surface area contributed by atoms with E-state index in [0.717, 1.165) is 5.57 Å². The van der Waals surface area contributed by atoms with Crippen molar-refractivity contribution in [3.05, 3.63) is 23.4 Å². The molecule has 0 amide bonds. The standard InChI is InChI=1S/C8H9ClN2/c1-7(5-10)3-8(4-9)6-11-2/h3,6H,2,4H2,1H3/b7-3+,8-6+. The van der Waals surface area contributed by atoms with E-state index >= 15 is 0 Å². The number of rotatable bonds is 3. The zero-order chi connectivity index (χ0) is 8.69. The van der Waals surface area contributed by atoms with E-state index in [9.17, 15) is 0 Å². The van der Waals surface area contributed by atoms with Crippen LogP contribution in [0.15, 0.2) is 28.4 Å². The van der Waals surface area contributed by atoms with Crippen LogP contribution in [0, 0.1) is 11.3 Å². The highest BCUT2D eigenvalue weighted by Gasteiger charge is 1.90. The summed E-state index contributed by atoms with van der Waals surface area (Å²) in [5.41, 5.74) is 1.40. The summed E-state index contributed by atoms with van der Waals surface area (Å²) in [6, 6.07) is 1.99. The lowest BCUT2D eigenvalue weighted by molar-refractivity contribution is 1.38. The summed E-state index contributed by atoms with van der Waals surface area (Å²) in [5, 5.41) is 8.41. The molecule has 0 aromatic heterocycles. The molecule has 0 rings (SSSR count). The zero-order valence-corrected chi connectivity index (χ0v) is 7.10. The molecule has 0 unspecified atom stereocenters. The predicted molar refractivity (Wildman–Crippen MR) is 47.7 cm³/mol. The number of hydrogen-bond donors (Lipinski definition) is 0. The maximum atomic E-state index is 8.41. The van der Waals surface area contributed by atoms with E-state index in [4.69, 9.17) is 16.9 Å². The van der Waals surface area contributed by atoms with Crippen molar-refractivity contribution in [3.8, 4) is 6.07 Å². The molecule has 0 saturated carbocycles. The van der Waals surface area contributed by atoms with Gasteiger partial charge >= 0.3 is 0 Å². The monoisotopic (exact) mass is 168 g/mol. The SMILES string of the molecule is C=N/C=C(\C=C(/C)C#N)CCl. The number of allylic oxidation sites excluding steroid dienone is 3. The largest absolute Gasteiger partial charge is 0.272 e. The molecule has 0 N–H and O–H groups in total. The van der Waals surface area contributed by atoms with Crippen LogP contribution in [0.1, 0.15) is 6.92 Å². The Hall–Kier alpha value is -1.07. The van der Waals surface area contributed by atoms with Gasteiger partial charge in [0.25, 0.3) is 0 Å². The first-order valence-electron chi connectivity index (χ1n) is 3.03. The molecule has 0 saturated heterocycles. The minimum Gasteiger partial charge on any atom is -0.272 e. The molecule has 2 nitrogen and oxygen atoms in total. The number of nitriles is 1. The number of halogens is 1. The second kappa shape index (κ2) is 5.70. The van der Waals surface area contributed by atoms with E-state index in [1.54, 1.807) is 13.0 Å². The van der Waals surface area contributed by atoms with Crippen molar-refractivity contribution in [1.82, 2.24) is 0 Å². The Balaban J connectivity index is 4.45. The Morgan fingerprint density at radius 3 is 2.82 bits per heavy atom. The Kier molecular flexibility index (Phi) is 5.14. The molecule has 3 heteroatoms. The number of nitrogens with zero attached hydrogens (tertiary/aromatic N) is 2. The fourth-order valence-electron chi connectivity index (χ4n) is 0.538. The first kappa shape index (κ1) is 9.93. The van der Waals surface area contributed by atoms with Gasteiger partial charge in [0.2, 0.25) is 0 Å². The third kappa shape index (κ3) is 4.35. The molecule has 0 atom stereocenters. The third-order valence-corrected chi connectivity index (χ3v) is 1.30. The first-order valence-corrected chi connectivity index (χ1v) is 3.57. The lowest BCUT2D eigenvalue weighted by atomic mass is 10.2.